The van der Waals surface area contributed by atoms with Gasteiger partial charge < -0.3 is 19.7 Å². The highest BCUT2D eigenvalue weighted by molar-refractivity contribution is 7.15. The normalized spacial score (nSPS) is 15.5. The third kappa shape index (κ3) is 4.33. The SMILES string of the molecule is Cc1cc(NC(=O)c2cccn(CC(=O)Nc3nc4c(s3)C[C@H](C)CC4)c2=O)no1. The number of fused-ring (bicyclic) bond motifs is 1. The Morgan fingerprint density at radius 1 is 1.37 bits per heavy atom. The monoisotopic (exact) mass is 427 g/mol. The van der Waals surface area contributed by atoms with E-state index in [0.29, 0.717) is 16.8 Å². The fourth-order valence-electron chi connectivity index (χ4n) is 3.35. The van der Waals surface area contributed by atoms with Gasteiger partial charge in [0.05, 0.1) is 5.69 Å². The maximum atomic E-state index is 12.7. The molecule has 3 aromatic heterocycles. The van der Waals surface area contributed by atoms with E-state index in [-0.39, 0.29) is 23.8 Å². The van der Waals surface area contributed by atoms with Gasteiger partial charge in [0.15, 0.2) is 10.9 Å². The van der Waals surface area contributed by atoms with Gasteiger partial charge in [-0.1, -0.05) is 12.1 Å². The molecule has 0 bridgehead atoms. The third-order valence-electron chi connectivity index (χ3n) is 4.88. The van der Waals surface area contributed by atoms with Crippen molar-refractivity contribution < 1.29 is 14.1 Å². The summed E-state index contributed by atoms with van der Waals surface area (Å²) in [7, 11) is 0. The molecule has 3 heterocycles. The van der Waals surface area contributed by atoms with E-state index in [4.69, 9.17) is 4.52 Å². The number of anilines is 2. The molecule has 0 spiro atoms. The Morgan fingerprint density at radius 2 is 2.20 bits per heavy atom. The van der Waals surface area contributed by atoms with Gasteiger partial charge in [0.2, 0.25) is 5.91 Å². The van der Waals surface area contributed by atoms with Crippen molar-refractivity contribution in [2.75, 3.05) is 10.6 Å². The average Bonchev–Trinajstić information content (AvgIpc) is 3.28. The first-order chi connectivity index (χ1) is 14.4. The number of aryl methyl sites for hydroxylation is 2. The predicted molar refractivity (Wildman–Crippen MR) is 112 cm³/mol. The number of carbonyl (C=O) groups excluding carboxylic acids is 2. The van der Waals surface area contributed by atoms with Crippen molar-refractivity contribution in [3.8, 4) is 0 Å². The highest BCUT2D eigenvalue weighted by Crippen LogP contribution is 2.32. The standard InChI is InChI=1S/C20H21N5O4S/c1-11-5-6-14-15(8-11)30-20(21-14)23-17(26)10-25-7-3-4-13(19(25)28)18(27)22-16-9-12(2)29-24-16/h3-4,7,9,11H,5-6,8,10H2,1-2H3,(H,21,23,26)(H,22,24,27)/t11-/m1/s1. The molecule has 0 fully saturated rings. The molecule has 0 aromatic carbocycles. The number of rotatable bonds is 5. The summed E-state index contributed by atoms with van der Waals surface area (Å²) < 4.78 is 6.08. The molecule has 4 rings (SSSR count). The zero-order valence-electron chi connectivity index (χ0n) is 16.6. The lowest BCUT2D eigenvalue weighted by Gasteiger charge is -2.15. The van der Waals surface area contributed by atoms with Crippen LogP contribution < -0.4 is 16.2 Å². The zero-order valence-corrected chi connectivity index (χ0v) is 17.4. The minimum absolute atomic E-state index is 0.0929. The molecule has 1 aliphatic rings. The Bertz CT molecular complexity index is 1160. The van der Waals surface area contributed by atoms with Crippen LogP contribution in [0.2, 0.25) is 0 Å². The van der Waals surface area contributed by atoms with Gasteiger partial charge in [0.1, 0.15) is 17.9 Å². The molecule has 0 unspecified atom stereocenters. The molecule has 156 valence electrons. The van der Waals surface area contributed by atoms with E-state index in [2.05, 4.69) is 27.7 Å². The summed E-state index contributed by atoms with van der Waals surface area (Å²) in [5.41, 5.74) is 0.384. The van der Waals surface area contributed by atoms with E-state index in [0.717, 1.165) is 25.0 Å². The van der Waals surface area contributed by atoms with E-state index in [1.807, 2.05) is 0 Å². The second kappa shape index (κ2) is 8.23. The molecule has 10 heteroatoms. The number of thiazole rings is 1. The Hall–Kier alpha value is -3.27. The molecule has 2 N–H and O–H groups in total. The highest BCUT2D eigenvalue weighted by Gasteiger charge is 2.21. The second-order valence-electron chi connectivity index (χ2n) is 7.42. The summed E-state index contributed by atoms with van der Waals surface area (Å²) in [5, 5.41) is 9.49. The Labute approximate surface area is 176 Å². The molecular weight excluding hydrogens is 406 g/mol. The lowest BCUT2D eigenvalue weighted by Crippen LogP contribution is -2.32. The van der Waals surface area contributed by atoms with Crippen LogP contribution >= 0.6 is 11.3 Å². The molecule has 30 heavy (non-hydrogen) atoms. The van der Waals surface area contributed by atoms with Crippen molar-refractivity contribution in [3.05, 3.63) is 56.6 Å². The van der Waals surface area contributed by atoms with Crippen LogP contribution in [0.4, 0.5) is 10.9 Å². The van der Waals surface area contributed by atoms with Crippen LogP contribution in [0.15, 0.2) is 33.7 Å². The number of hydrogen-bond acceptors (Lipinski definition) is 7. The number of hydrogen-bond donors (Lipinski definition) is 2. The summed E-state index contributed by atoms with van der Waals surface area (Å²) in [5.74, 6) is 0.374. The van der Waals surface area contributed by atoms with Crippen molar-refractivity contribution in [3.63, 3.8) is 0 Å². The zero-order chi connectivity index (χ0) is 21.3. The van der Waals surface area contributed by atoms with E-state index in [9.17, 15) is 14.4 Å². The maximum absolute atomic E-state index is 12.7. The highest BCUT2D eigenvalue weighted by atomic mass is 32.1. The van der Waals surface area contributed by atoms with Crippen molar-refractivity contribution in [1.82, 2.24) is 14.7 Å². The van der Waals surface area contributed by atoms with E-state index in [1.165, 1.54) is 33.0 Å². The topological polar surface area (TPSA) is 119 Å². The lowest BCUT2D eigenvalue weighted by molar-refractivity contribution is -0.116. The minimum atomic E-state index is -0.621. The number of nitrogens with one attached hydrogen (secondary N) is 2. The Balaban J connectivity index is 1.44. The smallest absolute Gasteiger partial charge is 0.263 e. The molecule has 0 saturated carbocycles. The van der Waals surface area contributed by atoms with Crippen molar-refractivity contribution >= 4 is 34.1 Å². The van der Waals surface area contributed by atoms with Gasteiger partial charge in [-0.15, -0.1) is 11.3 Å². The summed E-state index contributed by atoms with van der Waals surface area (Å²) in [6.45, 7) is 3.68. The largest absolute Gasteiger partial charge is 0.360 e. The summed E-state index contributed by atoms with van der Waals surface area (Å²) in [4.78, 5) is 43.2. The van der Waals surface area contributed by atoms with Gasteiger partial charge in [-0.2, -0.15) is 0 Å². The first-order valence-corrected chi connectivity index (χ1v) is 10.4. The fraction of sp³-hybridized carbons (Fsp3) is 0.350. The van der Waals surface area contributed by atoms with E-state index in [1.54, 1.807) is 19.1 Å². The molecule has 0 radical (unpaired) electrons. The number of aromatic nitrogens is 3. The van der Waals surface area contributed by atoms with Crippen LogP contribution in [0.5, 0.6) is 0 Å². The summed E-state index contributed by atoms with van der Waals surface area (Å²) in [6.07, 6.45) is 4.46. The van der Waals surface area contributed by atoms with Crippen molar-refractivity contribution in [2.45, 2.75) is 39.7 Å². The number of carbonyl (C=O) groups is 2. The minimum Gasteiger partial charge on any atom is -0.360 e. The van der Waals surface area contributed by atoms with Gasteiger partial charge >= 0.3 is 0 Å². The van der Waals surface area contributed by atoms with Gasteiger partial charge in [0, 0.05) is 17.1 Å². The molecule has 1 atom stereocenters. The van der Waals surface area contributed by atoms with Crippen LogP contribution in [0.3, 0.4) is 0 Å². The van der Waals surface area contributed by atoms with Crippen LogP contribution in [-0.4, -0.2) is 26.5 Å². The average molecular weight is 427 g/mol. The van der Waals surface area contributed by atoms with E-state index < -0.39 is 11.5 Å². The molecule has 0 saturated heterocycles. The van der Waals surface area contributed by atoms with Crippen molar-refractivity contribution in [2.24, 2.45) is 5.92 Å². The van der Waals surface area contributed by atoms with Gasteiger partial charge in [-0.05, 0) is 44.2 Å². The molecule has 9 nitrogen and oxygen atoms in total. The van der Waals surface area contributed by atoms with Gasteiger partial charge in [-0.3, -0.25) is 14.4 Å². The predicted octanol–water partition coefficient (Wildman–Crippen LogP) is 2.62. The Kier molecular flexibility index (Phi) is 5.49. The van der Waals surface area contributed by atoms with Crippen LogP contribution in [0.25, 0.3) is 0 Å². The quantitative estimate of drug-likeness (QED) is 0.646. The van der Waals surface area contributed by atoms with Crippen molar-refractivity contribution in [1.29, 1.82) is 0 Å². The third-order valence-corrected chi connectivity index (χ3v) is 5.92. The molecule has 1 aliphatic carbocycles. The summed E-state index contributed by atoms with van der Waals surface area (Å²) in [6, 6.07) is 4.48. The van der Waals surface area contributed by atoms with E-state index >= 15 is 0 Å². The fourth-order valence-corrected chi connectivity index (χ4v) is 4.54. The molecule has 0 aliphatic heterocycles. The molecular formula is C20H21N5O4S. The summed E-state index contributed by atoms with van der Waals surface area (Å²) >= 11 is 1.48. The number of pyridine rings is 1. The first kappa shape index (κ1) is 20.0. The second-order valence-corrected chi connectivity index (χ2v) is 8.50. The molecule has 3 aromatic rings. The lowest BCUT2D eigenvalue weighted by atomic mass is 9.93. The van der Waals surface area contributed by atoms with Crippen LogP contribution in [-0.2, 0) is 24.2 Å². The Morgan fingerprint density at radius 3 is 2.97 bits per heavy atom. The van der Waals surface area contributed by atoms with Gasteiger partial charge in [-0.25, -0.2) is 4.98 Å². The first-order valence-electron chi connectivity index (χ1n) is 9.61. The van der Waals surface area contributed by atoms with Crippen LogP contribution in [0, 0.1) is 12.8 Å². The van der Waals surface area contributed by atoms with Crippen LogP contribution in [0.1, 0.15) is 40.0 Å². The number of nitrogens with zero attached hydrogens (tertiary/aromatic N) is 3. The maximum Gasteiger partial charge on any atom is 0.263 e. The van der Waals surface area contributed by atoms with Gasteiger partial charge in [0.25, 0.3) is 11.5 Å². The molecule has 2 amide bonds. The number of amides is 2.